The van der Waals surface area contributed by atoms with Crippen LogP contribution in [0.5, 0.6) is 0 Å². The van der Waals surface area contributed by atoms with Crippen LogP contribution >= 0.6 is 11.3 Å². The second kappa shape index (κ2) is 6.10. The summed E-state index contributed by atoms with van der Waals surface area (Å²) in [5, 5.41) is 11.3. The fourth-order valence-corrected chi connectivity index (χ4v) is 4.09. The molecule has 1 aliphatic carbocycles. The van der Waals surface area contributed by atoms with Gasteiger partial charge in [-0.05, 0) is 50.3 Å². The predicted octanol–water partition coefficient (Wildman–Crippen LogP) is 3.30. The minimum absolute atomic E-state index is 0.393. The Balaban J connectivity index is 1.74. The van der Waals surface area contributed by atoms with Crippen LogP contribution in [0.2, 0.25) is 0 Å². The molecule has 25 heavy (non-hydrogen) atoms. The first-order valence-corrected chi connectivity index (χ1v) is 9.09. The molecule has 1 saturated carbocycles. The lowest BCUT2D eigenvalue weighted by molar-refractivity contribution is 0.110. The molecule has 0 aliphatic heterocycles. The number of rotatable bonds is 1. The molecule has 0 atom stereocenters. The second-order valence-corrected chi connectivity index (χ2v) is 7.43. The average Bonchev–Trinajstić information content (AvgIpc) is 3.22. The monoisotopic (exact) mass is 350 g/mol. The van der Waals surface area contributed by atoms with Gasteiger partial charge in [-0.25, -0.2) is 15.0 Å². The van der Waals surface area contributed by atoms with Crippen LogP contribution in [-0.2, 0) is 0 Å². The van der Waals surface area contributed by atoms with E-state index in [4.69, 9.17) is 5.73 Å². The number of nitrogen functional groups attached to an aromatic ring is 1. The number of nitrogens with zero attached hydrogens (tertiary/aromatic N) is 3. The molecule has 3 aromatic rings. The maximum atomic E-state index is 10.4. The number of hydrogen-bond acceptors (Lipinski definition) is 6. The Bertz CT molecular complexity index is 1010. The summed E-state index contributed by atoms with van der Waals surface area (Å²) in [4.78, 5) is 13.6. The van der Waals surface area contributed by atoms with Crippen molar-refractivity contribution in [2.45, 2.75) is 38.2 Å². The summed E-state index contributed by atoms with van der Waals surface area (Å²) in [5.74, 6) is 6.58. The minimum atomic E-state index is -0.828. The summed E-state index contributed by atoms with van der Waals surface area (Å²) < 4.78 is 0. The second-order valence-electron chi connectivity index (χ2n) is 6.45. The number of hydrogen-bond donors (Lipinski definition) is 2. The molecule has 0 bridgehead atoms. The smallest absolute Gasteiger partial charge is 0.154 e. The maximum Gasteiger partial charge on any atom is 0.154 e. The van der Waals surface area contributed by atoms with E-state index in [2.05, 4.69) is 26.8 Å². The van der Waals surface area contributed by atoms with Crippen LogP contribution in [0.3, 0.4) is 0 Å². The van der Waals surface area contributed by atoms with Crippen LogP contribution in [0.1, 0.15) is 36.8 Å². The molecule has 3 N–H and O–H groups in total. The van der Waals surface area contributed by atoms with Crippen molar-refractivity contribution >= 4 is 27.5 Å². The molecule has 1 aliphatic rings. The fourth-order valence-electron chi connectivity index (χ4n) is 3.09. The molecule has 0 radical (unpaired) electrons. The first-order chi connectivity index (χ1) is 12.0. The van der Waals surface area contributed by atoms with Crippen molar-refractivity contribution in [3.05, 3.63) is 35.7 Å². The van der Waals surface area contributed by atoms with Gasteiger partial charge in [-0.3, -0.25) is 0 Å². The summed E-state index contributed by atoms with van der Waals surface area (Å²) in [6.07, 6.45) is 5.05. The molecule has 0 amide bonds. The first kappa shape index (κ1) is 16.0. The van der Waals surface area contributed by atoms with E-state index < -0.39 is 5.60 Å². The molecule has 1 fully saturated rings. The van der Waals surface area contributed by atoms with Crippen molar-refractivity contribution < 1.29 is 5.11 Å². The molecule has 5 nitrogen and oxygen atoms in total. The highest BCUT2D eigenvalue weighted by atomic mass is 32.1. The number of thiazole rings is 1. The number of anilines is 1. The lowest BCUT2D eigenvalue weighted by Gasteiger charge is -2.12. The van der Waals surface area contributed by atoms with Crippen LogP contribution in [0.15, 0.2) is 24.5 Å². The summed E-state index contributed by atoms with van der Waals surface area (Å²) in [6.45, 7) is 2.04. The molecule has 2 heterocycles. The van der Waals surface area contributed by atoms with E-state index in [1.807, 2.05) is 25.1 Å². The SMILES string of the molecule is Cc1ccc(C#CC2(O)CCCC2)cc1-c1nc2c(N)ncnc2s1. The van der Waals surface area contributed by atoms with Crippen molar-refractivity contribution in [3.63, 3.8) is 0 Å². The summed E-state index contributed by atoms with van der Waals surface area (Å²) in [6, 6.07) is 6.02. The van der Waals surface area contributed by atoms with Gasteiger partial charge in [0.05, 0.1) is 0 Å². The van der Waals surface area contributed by atoms with Gasteiger partial charge >= 0.3 is 0 Å². The van der Waals surface area contributed by atoms with Gasteiger partial charge in [0.25, 0.3) is 0 Å². The van der Waals surface area contributed by atoms with Crippen molar-refractivity contribution in [2.24, 2.45) is 0 Å². The highest BCUT2D eigenvalue weighted by Gasteiger charge is 2.28. The lowest BCUT2D eigenvalue weighted by atomic mass is 10.0. The molecule has 0 spiro atoms. The van der Waals surface area contributed by atoms with Gasteiger partial charge in [-0.1, -0.05) is 29.2 Å². The van der Waals surface area contributed by atoms with Crippen molar-refractivity contribution in [1.82, 2.24) is 15.0 Å². The first-order valence-electron chi connectivity index (χ1n) is 8.28. The molecule has 0 unspecified atom stereocenters. The quantitative estimate of drug-likeness (QED) is 0.658. The highest BCUT2D eigenvalue weighted by Crippen LogP contribution is 2.33. The Morgan fingerprint density at radius 3 is 2.80 bits per heavy atom. The molecule has 0 saturated heterocycles. The zero-order valence-corrected chi connectivity index (χ0v) is 14.7. The Hall–Kier alpha value is -2.49. The van der Waals surface area contributed by atoms with Gasteiger partial charge in [0, 0.05) is 11.1 Å². The summed E-state index contributed by atoms with van der Waals surface area (Å²) in [7, 11) is 0. The third kappa shape index (κ3) is 3.09. The van der Waals surface area contributed by atoms with Gasteiger partial charge in [-0.15, -0.1) is 0 Å². The largest absolute Gasteiger partial charge is 0.382 e. The van der Waals surface area contributed by atoms with Crippen molar-refractivity contribution in [1.29, 1.82) is 0 Å². The minimum Gasteiger partial charge on any atom is -0.382 e. The Kier molecular flexibility index (Phi) is 3.91. The van der Waals surface area contributed by atoms with Crippen LogP contribution in [-0.4, -0.2) is 25.7 Å². The molecule has 4 rings (SSSR count). The normalized spacial score (nSPS) is 15.9. The topological polar surface area (TPSA) is 84.9 Å². The van der Waals surface area contributed by atoms with Crippen molar-refractivity contribution in [2.75, 3.05) is 5.73 Å². The Labute approximate surface area is 150 Å². The zero-order valence-electron chi connectivity index (χ0n) is 13.9. The van der Waals surface area contributed by atoms with Gasteiger partial charge in [0.15, 0.2) is 5.82 Å². The molecule has 1 aromatic carbocycles. The summed E-state index contributed by atoms with van der Waals surface area (Å²) in [5.41, 5.74) is 8.69. The van der Waals surface area contributed by atoms with E-state index in [-0.39, 0.29) is 0 Å². The lowest BCUT2D eigenvalue weighted by Crippen LogP contribution is -2.20. The molecule has 2 aromatic heterocycles. The van der Waals surface area contributed by atoms with E-state index in [1.165, 1.54) is 17.7 Å². The maximum absolute atomic E-state index is 10.4. The van der Waals surface area contributed by atoms with Crippen LogP contribution in [0.25, 0.3) is 20.9 Å². The van der Waals surface area contributed by atoms with E-state index in [1.54, 1.807) is 0 Å². The van der Waals surface area contributed by atoms with Crippen molar-refractivity contribution in [3.8, 4) is 22.4 Å². The number of nitrogens with two attached hydrogens (primary N) is 1. The number of benzene rings is 1. The van der Waals surface area contributed by atoms with Gasteiger partial charge in [0.1, 0.15) is 27.3 Å². The van der Waals surface area contributed by atoms with Gasteiger partial charge < -0.3 is 10.8 Å². The van der Waals surface area contributed by atoms with E-state index in [0.29, 0.717) is 11.3 Å². The van der Waals surface area contributed by atoms with Gasteiger partial charge in [0.2, 0.25) is 0 Å². The third-order valence-electron chi connectivity index (χ3n) is 4.56. The number of aromatic nitrogens is 3. The molecule has 126 valence electrons. The third-order valence-corrected chi connectivity index (χ3v) is 5.56. The van der Waals surface area contributed by atoms with Crippen LogP contribution in [0, 0.1) is 18.8 Å². The van der Waals surface area contributed by atoms with E-state index in [9.17, 15) is 5.11 Å². The number of fused-ring (bicyclic) bond motifs is 1. The van der Waals surface area contributed by atoms with Crippen LogP contribution < -0.4 is 5.73 Å². The van der Waals surface area contributed by atoms with Crippen LogP contribution in [0.4, 0.5) is 5.82 Å². The molecular formula is C19H18N4OS. The number of aliphatic hydroxyl groups is 1. The predicted molar refractivity (Wildman–Crippen MR) is 100 cm³/mol. The average molecular weight is 350 g/mol. The molecule has 6 heteroatoms. The van der Waals surface area contributed by atoms with Gasteiger partial charge in [-0.2, -0.15) is 0 Å². The summed E-state index contributed by atoms with van der Waals surface area (Å²) >= 11 is 1.49. The molecular weight excluding hydrogens is 332 g/mol. The Morgan fingerprint density at radius 2 is 2.04 bits per heavy atom. The fraction of sp³-hybridized carbons (Fsp3) is 0.316. The van der Waals surface area contributed by atoms with E-state index in [0.717, 1.165) is 52.2 Å². The zero-order chi connectivity index (χ0) is 17.4. The highest BCUT2D eigenvalue weighted by molar-refractivity contribution is 7.21. The number of aryl methyl sites for hydroxylation is 1. The standard InChI is InChI=1S/C19H18N4OS/c1-12-4-5-13(6-9-19(24)7-2-3-8-19)10-14(12)17-23-15-16(20)21-11-22-18(15)25-17/h4-5,10-11,24H,2-3,7-8H2,1H3,(H2,20,21,22). The Morgan fingerprint density at radius 1 is 1.24 bits per heavy atom. The van der Waals surface area contributed by atoms with E-state index >= 15 is 0 Å².